The molecule has 7 heteroatoms. The van der Waals surface area contributed by atoms with E-state index in [1.54, 1.807) is 7.11 Å². The van der Waals surface area contributed by atoms with Crippen molar-refractivity contribution in [2.45, 2.75) is 51.8 Å². The van der Waals surface area contributed by atoms with Crippen LogP contribution in [0.1, 0.15) is 25.3 Å². The summed E-state index contributed by atoms with van der Waals surface area (Å²) in [4.78, 5) is 12.1. The van der Waals surface area contributed by atoms with Gasteiger partial charge in [0.05, 0.1) is 0 Å². The number of rotatable bonds is 9. The zero-order valence-corrected chi connectivity index (χ0v) is 16.6. The molecule has 2 unspecified atom stereocenters. The Balaban J connectivity index is 2.57. The highest BCUT2D eigenvalue weighted by Gasteiger charge is 2.30. The molecule has 1 aromatic carbocycles. The smallest absolute Gasteiger partial charge is 0.408 e. The Morgan fingerprint density at radius 2 is 1.91 bits per heavy atom. The molecule has 0 aliphatic heterocycles. The molecule has 0 aliphatic rings. The van der Waals surface area contributed by atoms with Gasteiger partial charge in [0, 0.05) is 7.11 Å². The fraction of sp³-hybridized carbons (Fsp3) is 0.562. The first-order valence-electron chi connectivity index (χ1n) is 7.85. The molecule has 0 saturated heterocycles. The Kier molecular flexibility index (Phi) is 8.77. The molecule has 5 nitrogen and oxygen atoms in total. The van der Waals surface area contributed by atoms with Gasteiger partial charge in [-0.15, -0.1) is 0 Å². The minimum atomic E-state index is -1.74. The number of carbonyl (C=O) groups is 1. The van der Waals surface area contributed by atoms with Crippen LogP contribution in [0.5, 0.6) is 0 Å². The van der Waals surface area contributed by atoms with Gasteiger partial charge in [-0.2, -0.15) is 0 Å². The number of ether oxygens (including phenoxy) is 1. The van der Waals surface area contributed by atoms with Crippen LogP contribution >= 0.6 is 8.38 Å². The first-order valence-corrected chi connectivity index (χ1v) is 12.5. The van der Waals surface area contributed by atoms with E-state index in [0.717, 1.165) is 18.4 Å². The van der Waals surface area contributed by atoms with Crippen molar-refractivity contribution in [3.63, 3.8) is 0 Å². The SMILES string of the molecule is CCCC(NC(=O)OCc1ccccc1)P(OC)O[Si](C)(C)C. The van der Waals surface area contributed by atoms with Crippen LogP contribution in [0, 0.1) is 0 Å². The summed E-state index contributed by atoms with van der Waals surface area (Å²) < 4.78 is 16.9. The molecule has 0 aliphatic carbocycles. The summed E-state index contributed by atoms with van der Waals surface area (Å²) in [7, 11) is -1.28. The summed E-state index contributed by atoms with van der Waals surface area (Å²) in [5, 5.41) is 2.90. The van der Waals surface area contributed by atoms with E-state index < -0.39 is 22.8 Å². The van der Waals surface area contributed by atoms with Gasteiger partial charge in [0.25, 0.3) is 0 Å². The normalized spacial score (nSPS) is 14.1. The first kappa shape index (κ1) is 20.1. The van der Waals surface area contributed by atoms with E-state index in [-0.39, 0.29) is 12.4 Å². The molecule has 0 fully saturated rings. The van der Waals surface area contributed by atoms with Gasteiger partial charge in [-0.25, -0.2) is 4.79 Å². The molecule has 0 heterocycles. The topological polar surface area (TPSA) is 56.8 Å². The Hall–Kier alpha value is -0.943. The van der Waals surface area contributed by atoms with Gasteiger partial charge in [0.15, 0.2) is 16.7 Å². The van der Waals surface area contributed by atoms with Crippen LogP contribution in [-0.2, 0) is 20.1 Å². The van der Waals surface area contributed by atoms with Gasteiger partial charge >= 0.3 is 6.09 Å². The van der Waals surface area contributed by atoms with Crippen LogP contribution in [0.2, 0.25) is 19.6 Å². The summed E-state index contributed by atoms with van der Waals surface area (Å²) in [6.45, 7) is 8.65. The van der Waals surface area contributed by atoms with Crippen molar-refractivity contribution in [3.8, 4) is 0 Å². The number of nitrogens with one attached hydrogen (secondary N) is 1. The van der Waals surface area contributed by atoms with Gasteiger partial charge in [-0.3, -0.25) is 0 Å². The van der Waals surface area contributed by atoms with E-state index in [0.29, 0.717) is 0 Å². The highest BCUT2D eigenvalue weighted by Crippen LogP contribution is 2.46. The molecule has 23 heavy (non-hydrogen) atoms. The van der Waals surface area contributed by atoms with E-state index >= 15 is 0 Å². The second kappa shape index (κ2) is 10.0. The number of amides is 1. The standard InChI is InChI=1S/C16H28NO4PSi/c1-6-10-15(22(19-2)21-23(3,4)5)17-16(18)20-13-14-11-8-7-9-12-14/h7-9,11-12,15H,6,10,13H2,1-5H3,(H,17,18). The highest BCUT2D eigenvalue weighted by atomic mass is 31.2. The molecule has 0 aromatic heterocycles. The molecule has 130 valence electrons. The Morgan fingerprint density at radius 1 is 1.26 bits per heavy atom. The van der Waals surface area contributed by atoms with E-state index in [1.165, 1.54) is 0 Å². The minimum Gasteiger partial charge on any atom is -0.445 e. The number of benzene rings is 1. The van der Waals surface area contributed by atoms with Crippen molar-refractivity contribution in [2.24, 2.45) is 0 Å². The van der Waals surface area contributed by atoms with Gasteiger partial charge in [0.2, 0.25) is 0 Å². The number of carbonyl (C=O) groups excluding carboxylic acids is 1. The minimum absolute atomic E-state index is 0.157. The van der Waals surface area contributed by atoms with Crippen molar-refractivity contribution in [1.29, 1.82) is 0 Å². The summed E-state index contributed by atoms with van der Waals surface area (Å²) in [5.41, 5.74) is 0.960. The van der Waals surface area contributed by atoms with E-state index in [4.69, 9.17) is 13.5 Å². The molecule has 1 aromatic rings. The molecule has 2 atom stereocenters. The van der Waals surface area contributed by atoms with Crippen molar-refractivity contribution in [3.05, 3.63) is 35.9 Å². The predicted octanol–water partition coefficient (Wildman–Crippen LogP) is 4.85. The first-order chi connectivity index (χ1) is 10.9. The number of alkyl carbamates (subject to hydrolysis) is 1. The van der Waals surface area contributed by atoms with Crippen molar-refractivity contribution >= 4 is 22.8 Å². The van der Waals surface area contributed by atoms with Gasteiger partial charge in [-0.1, -0.05) is 43.7 Å². The Morgan fingerprint density at radius 3 is 2.43 bits per heavy atom. The quantitative estimate of drug-likeness (QED) is 0.507. The molecule has 1 N–H and O–H groups in total. The molecule has 1 rings (SSSR count). The van der Waals surface area contributed by atoms with Crippen LogP contribution in [0.3, 0.4) is 0 Å². The lowest BCUT2D eigenvalue weighted by Crippen LogP contribution is -2.36. The largest absolute Gasteiger partial charge is 0.445 e. The van der Waals surface area contributed by atoms with Crippen LogP contribution in [0.15, 0.2) is 30.3 Å². The van der Waals surface area contributed by atoms with E-state index in [1.807, 2.05) is 30.3 Å². The third kappa shape index (κ3) is 8.46. The average Bonchev–Trinajstić information content (AvgIpc) is 2.50. The molecule has 0 spiro atoms. The average molecular weight is 357 g/mol. The summed E-state index contributed by atoms with van der Waals surface area (Å²) in [5.74, 6) is -0.157. The van der Waals surface area contributed by atoms with Crippen molar-refractivity contribution < 1.29 is 18.3 Å². The molecule has 0 bridgehead atoms. The number of hydrogen-bond donors (Lipinski definition) is 1. The summed E-state index contributed by atoms with van der Waals surface area (Å²) in [6.07, 6.45) is 1.29. The molecular weight excluding hydrogens is 329 g/mol. The lowest BCUT2D eigenvalue weighted by atomic mass is 10.2. The maximum Gasteiger partial charge on any atom is 0.408 e. The highest BCUT2D eigenvalue weighted by molar-refractivity contribution is 7.49. The fourth-order valence-corrected chi connectivity index (χ4v) is 5.80. The van der Waals surface area contributed by atoms with Crippen LogP contribution in [0.25, 0.3) is 0 Å². The Bertz CT molecular complexity index is 467. The maximum atomic E-state index is 12.1. The third-order valence-corrected chi connectivity index (χ3v) is 7.02. The lowest BCUT2D eigenvalue weighted by molar-refractivity contribution is 0.137. The van der Waals surface area contributed by atoms with Crippen molar-refractivity contribution in [1.82, 2.24) is 5.32 Å². The third-order valence-electron chi connectivity index (χ3n) is 2.86. The van der Waals surface area contributed by atoms with Crippen LogP contribution in [-0.4, -0.2) is 27.3 Å². The van der Waals surface area contributed by atoms with Gasteiger partial charge < -0.3 is 18.8 Å². The maximum absolute atomic E-state index is 12.1. The monoisotopic (exact) mass is 357 g/mol. The molecule has 0 radical (unpaired) electrons. The molecule has 1 amide bonds. The molecule has 0 saturated carbocycles. The van der Waals surface area contributed by atoms with Gasteiger partial charge in [-0.05, 0) is 31.6 Å². The van der Waals surface area contributed by atoms with Gasteiger partial charge in [0.1, 0.15) is 12.4 Å². The van der Waals surface area contributed by atoms with Crippen molar-refractivity contribution in [2.75, 3.05) is 7.11 Å². The van der Waals surface area contributed by atoms with E-state index in [9.17, 15) is 4.79 Å². The fourth-order valence-electron chi connectivity index (χ4n) is 1.90. The summed E-state index contributed by atoms with van der Waals surface area (Å²) >= 11 is 0. The predicted molar refractivity (Wildman–Crippen MR) is 96.8 cm³/mol. The van der Waals surface area contributed by atoms with Crippen LogP contribution in [0.4, 0.5) is 4.79 Å². The number of hydrogen-bond acceptors (Lipinski definition) is 4. The van der Waals surface area contributed by atoms with E-state index in [2.05, 4.69) is 31.9 Å². The van der Waals surface area contributed by atoms with Crippen LogP contribution < -0.4 is 5.32 Å². The Labute approximate surface area is 141 Å². The lowest BCUT2D eigenvalue weighted by Gasteiger charge is -2.30. The molecular formula is C16H28NO4PSi. The summed E-state index contributed by atoms with van der Waals surface area (Å²) in [6, 6.07) is 9.62. The zero-order valence-electron chi connectivity index (χ0n) is 14.7. The second-order valence-electron chi connectivity index (χ2n) is 6.18. The second-order valence-corrected chi connectivity index (χ2v) is 12.7. The zero-order chi connectivity index (χ0) is 17.3.